The predicted molar refractivity (Wildman–Crippen MR) is 72.6 cm³/mol. The third-order valence-electron chi connectivity index (χ3n) is 3.40. The van der Waals surface area contributed by atoms with E-state index in [9.17, 15) is 4.79 Å². The van der Waals surface area contributed by atoms with Crippen LogP contribution in [0.5, 0.6) is 0 Å². The standard InChI is InChI=1S/C15H15NO2/c1-16-8-6-11(7-9-16)14-10-12-4-2-3-5-13(12)15(17)18-14/h2-6,10H,7-9H2,1H3. The lowest BCUT2D eigenvalue weighted by molar-refractivity contribution is 0.366. The van der Waals surface area contributed by atoms with Gasteiger partial charge in [0.1, 0.15) is 5.76 Å². The number of rotatable bonds is 1. The van der Waals surface area contributed by atoms with Gasteiger partial charge >= 0.3 is 5.63 Å². The quantitative estimate of drug-likeness (QED) is 0.769. The van der Waals surface area contributed by atoms with Gasteiger partial charge in [0.05, 0.1) is 5.39 Å². The fraction of sp³-hybridized carbons (Fsp3) is 0.267. The summed E-state index contributed by atoms with van der Waals surface area (Å²) >= 11 is 0. The van der Waals surface area contributed by atoms with Crippen LogP contribution < -0.4 is 5.63 Å². The Kier molecular flexibility index (Phi) is 2.76. The first-order chi connectivity index (χ1) is 8.74. The molecule has 0 unspecified atom stereocenters. The molecule has 0 bridgehead atoms. The van der Waals surface area contributed by atoms with Crippen LogP contribution in [0.25, 0.3) is 16.3 Å². The fourth-order valence-corrected chi connectivity index (χ4v) is 2.29. The van der Waals surface area contributed by atoms with Gasteiger partial charge in [-0.3, -0.25) is 0 Å². The Balaban J connectivity index is 2.11. The first-order valence-corrected chi connectivity index (χ1v) is 6.15. The van der Waals surface area contributed by atoms with Crippen molar-refractivity contribution in [2.75, 3.05) is 20.1 Å². The molecule has 1 aromatic carbocycles. The minimum Gasteiger partial charge on any atom is -0.423 e. The summed E-state index contributed by atoms with van der Waals surface area (Å²) < 4.78 is 5.42. The molecule has 0 saturated heterocycles. The van der Waals surface area contributed by atoms with E-state index >= 15 is 0 Å². The number of fused-ring (bicyclic) bond motifs is 1. The summed E-state index contributed by atoms with van der Waals surface area (Å²) in [6.07, 6.45) is 3.06. The summed E-state index contributed by atoms with van der Waals surface area (Å²) in [6.45, 7) is 1.91. The molecule has 0 saturated carbocycles. The topological polar surface area (TPSA) is 33.5 Å². The second kappa shape index (κ2) is 4.42. The third-order valence-corrected chi connectivity index (χ3v) is 3.40. The Labute approximate surface area is 105 Å². The second-order valence-electron chi connectivity index (χ2n) is 4.73. The van der Waals surface area contributed by atoms with E-state index in [1.54, 1.807) is 6.07 Å². The molecule has 0 radical (unpaired) electrons. The largest absolute Gasteiger partial charge is 0.423 e. The van der Waals surface area contributed by atoms with Crippen LogP contribution in [0.2, 0.25) is 0 Å². The SMILES string of the molecule is CN1CC=C(c2cc3ccccc3c(=O)o2)CC1. The van der Waals surface area contributed by atoms with Crippen molar-refractivity contribution in [3.63, 3.8) is 0 Å². The molecule has 0 fully saturated rings. The Hall–Kier alpha value is -1.87. The van der Waals surface area contributed by atoms with E-state index in [0.717, 1.165) is 30.5 Å². The lowest BCUT2D eigenvalue weighted by Gasteiger charge is -2.21. The molecule has 18 heavy (non-hydrogen) atoms. The Bertz CT molecular complexity index is 669. The lowest BCUT2D eigenvalue weighted by atomic mass is 10.0. The van der Waals surface area contributed by atoms with Crippen LogP contribution in [-0.2, 0) is 0 Å². The minimum atomic E-state index is -0.247. The molecule has 0 atom stereocenters. The van der Waals surface area contributed by atoms with Crippen molar-refractivity contribution < 1.29 is 4.42 Å². The van der Waals surface area contributed by atoms with Gasteiger partial charge in [-0.15, -0.1) is 0 Å². The van der Waals surface area contributed by atoms with Gasteiger partial charge in [-0.05, 0) is 36.6 Å². The van der Waals surface area contributed by atoms with Crippen LogP contribution in [0, 0.1) is 0 Å². The Morgan fingerprint density at radius 2 is 2.11 bits per heavy atom. The monoisotopic (exact) mass is 241 g/mol. The second-order valence-corrected chi connectivity index (χ2v) is 4.73. The molecular weight excluding hydrogens is 226 g/mol. The van der Waals surface area contributed by atoms with E-state index in [-0.39, 0.29) is 5.63 Å². The highest BCUT2D eigenvalue weighted by atomic mass is 16.4. The molecule has 0 spiro atoms. The van der Waals surface area contributed by atoms with Crippen LogP contribution in [0.15, 0.2) is 45.6 Å². The van der Waals surface area contributed by atoms with Crippen molar-refractivity contribution in [1.82, 2.24) is 4.90 Å². The van der Waals surface area contributed by atoms with E-state index in [1.165, 1.54) is 0 Å². The van der Waals surface area contributed by atoms with Gasteiger partial charge in [0, 0.05) is 13.1 Å². The third kappa shape index (κ3) is 1.97. The molecule has 92 valence electrons. The molecule has 1 aliphatic heterocycles. The van der Waals surface area contributed by atoms with Gasteiger partial charge in [-0.2, -0.15) is 0 Å². The molecular formula is C15H15NO2. The summed E-state index contributed by atoms with van der Waals surface area (Å²) in [5.74, 6) is 0.715. The molecule has 0 N–H and O–H groups in total. The molecule has 2 heterocycles. The van der Waals surface area contributed by atoms with Crippen LogP contribution in [0.4, 0.5) is 0 Å². The number of hydrogen-bond donors (Lipinski definition) is 0. The fourth-order valence-electron chi connectivity index (χ4n) is 2.29. The van der Waals surface area contributed by atoms with Crippen molar-refractivity contribution in [1.29, 1.82) is 0 Å². The van der Waals surface area contributed by atoms with Crippen molar-refractivity contribution in [2.24, 2.45) is 0 Å². The summed E-state index contributed by atoms with van der Waals surface area (Å²) in [7, 11) is 2.09. The van der Waals surface area contributed by atoms with Crippen LogP contribution >= 0.6 is 0 Å². The van der Waals surface area contributed by atoms with Gasteiger partial charge < -0.3 is 9.32 Å². The van der Waals surface area contributed by atoms with Crippen LogP contribution in [0.1, 0.15) is 12.2 Å². The molecule has 0 aliphatic carbocycles. The van der Waals surface area contributed by atoms with Gasteiger partial charge in [0.25, 0.3) is 0 Å². The predicted octanol–water partition coefficient (Wildman–Crippen LogP) is 2.51. The van der Waals surface area contributed by atoms with E-state index in [2.05, 4.69) is 18.0 Å². The molecule has 0 amide bonds. The molecule has 3 heteroatoms. The molecule has 3 rings (SSSR count). The van der Waals surface area contributed by atoms with Crippen molar-refractivity contribution in [3.8, 4) is 0 Å². The number of nitrogens with zero attached hydrogens (tertiary/aromatic N) is 1. The van der Waals surface area contributed by atoms with E-state index in [1.807, 2.05) is 24.3 Å². The van der Waals surface area contributed by atoms with Gasteiger partial charge in [0.15, 0.2) is 0 Å². The van der Waals surface area contributed by atoms with Gasteiger partial charge in [-0.25, -0.2) is 4.79 Å². The highest BCUT2D eigenvalue weighted by Gasteiger charge is 2.13. The van der Waals surface area contributed by atoms with Gasteiger partial charge in [0.2, 0.25) is 0 Å². The van der Waals surface area contributed by atoms with Crippen molar-refractivity contribution in [2.45, 2.75) is 6.42 Å². The minimum absolute atomic E-state index is 0.247. The van der Waals surface area contributed by atoms with Crippen molar-refractivity contribution >= 4 is 16.3 Å². The Morgan fingerprint density at radius 1 is 1.28 bits per heavy atom. The number of likely N-dealkylation sites (N-methyl/N-ethyl adjacent to an activating group) is 1. The first-order valence-electron chi connectivity index (χ1n) is 6.15. The number of benzene rings is 1. The normalized spacial score (nSPS) is 16.8. The van der Waals surface area contributed by atoms with E-state index in [4.69, 9.17) is 4.42 Å². The maximum Gasteiger partial charge on any atom is 0.344 e. The van der Waals surface area contributed by atoms with Gasteiger partial charge in [-0.1, -0.05) is 24.3 Å². The highest BCUT2D eigenvalue weighted by molar-refractivity contribution is 5.83. The maximum atomic E-state index is 11.9. The lowest BCUT2D eigenvalue weighted by Crippen LogP contribution is -2.23. The molecule has 2 aromatic rings. The molecule has 1 aliphatic rings. The first kappa shape index (κ1) is 11.2. The Morgan fingerprint density at radius 3 is 2.89 bits per heavy atom. The van der Waals surface area contributed by atoms with E-state index < -0.39 is 0 Å². The zero-order valence-corrected chi connectivity index (χ0v) is 10.3. The smallest absolute Gasteiger partial charge is 0.344 e. The molecule has 3 nitrogen and oxygen atoms in total. The summed E-state index contributed by atoms with van der Waals surface area (Å²) in [4.78, 5) is 14.1. The zero-order chi connectivity index (χ0) is 12.5. The maximum absolute atomic E-state index is 11.9. The average Bonchev–Trinajstić information content (AvgIpc) is 2.39. The van der Waals surface area contributed by atoms with Crippen LogP contribution in [-0.4, -0.2) is 25.0 Å². The highest BCUT2D eigenvalue weighted by Crippen LogP contribution is 2.23. The number of hydrogen-bond acceptors (Lipinski definition) is 3. The zero-order valence-electron chi connectivity index (χ0n) is 10.3. The van der Waals surface area contributed by atoms with Crippen LogP contribution in [0.3, 0.4) is 0 Å². The molecule has 1 aromatic heterocycles. The summed E-state index contributed by atoms with van der Waals surface area (Å²) in [5, 5.41) is 1.60. The van der Waals surface area contributed by atoms with E-state index in [0.29, 0.717) is 11.1 Å². The summed E-state index contributed by atoms with van der Waals surface area (Å²) in [6, 6.07) is 9.51. The van der Waals surface area contributed by atoms with Crippen molar-refractivity contribution in [3.05, 3.63) is 52.6 Å². The summed E-state index contributed by atoms with van der Waals surface area (Å²) in [5.41, 5.74) is 0.888. The average molecular weight is 241 g/mol.